The van der Waals surface area contributed by atoms with Gasteiger partial charge in [-0.05, 0) is 13.8 Å². The molecule has 4 N–H and O–H groups in total. The van der Waals surface area contributed by atoms with E-state index in [1.54, 1.807) is 13.8 Å². The highest BCUT2D eigenvalue weighted by molar-refractivity contribution is 6.53. The lowest BCUT2D eigenvalue weighted by atomic mass is 9.89. The Balaban J connectivity index is 4.18. The van der Waals surface area contributed by atoms with Gasteiger partial charge in [0.1, 0.15) is 0 Å². The summed E-state index contributed by atoms with van der Waals surface area (Å²) >= 11 is 10.7. The van der Waals surface area contributed by atoms with Crippen LogP contribution in [0.15, 0.2) is 0 Å². The predicted octanol–water partition coefficient (Wildman–Crippen LogP) is 0.272. The molecule has 0 aromatic heterocycles. The first-order chi connectivity index (χ1) is 6.85. The van der Waals surface area contributed by atoms with Crippen LogP contribution in [0.2, 0.25) is 0 Å². The summed E-state index contributed by atoms with van der Waals surface area (Å²) in [6, 6.07) is 0. The number of carbonyl (C=O) groups excluding carboxylic acids is 1. The van der Waals surface area contributed by atoms with Crippen molar-refractivity contribution in [2.45, 2.75) is 24.2 Å². The van der Waals surface area contributed by atoms with Gasteiger partial charge < -0.3 is 15.6 Å². The molecule has 5 nitrogen and oxygen atoms in total. The number of carbonyl (C=O) groups is 1. The van der Waals surface area contributed by atoms with E-state index in [1.807, 2.05) is 0 Å². The van der Waals surface area contributed by atoms with Crippen molar-refractivity contribution in [3.05, 3.63) is 0 Å². The SMILES string of the molecule is CC(C)(NO)C(CO)CNC(=O)C(Cl)Cl. The molecule has 0 spiro atoms. The lowest BCUT2D eigenvalue weighted by Gasteiger charge is -2.31. The number of amides is 1. The number of nitrogens with one attached hydrogen (secondary N) is 2. The summed E-state index contributed by atoms with van der Waals surface area (Å²) in [6.45, 7) is 3.37. The molecule has 0 aromatic rings. The number of hydrogen-bond donors (Lipinski definition) is 4. The predicted molar refractivity (Wildman–Crippen MR) is 58.1 cm³/mol. The third-order valence-electron chi connectivity index (χ3n) is 2.25. The molecule has 1 unspecified atom stereocenters. The quantitative estimate of drug-likeness (QED) is 0.408. The third-order valence-corrected chi connectivity index (χ3v) is 2.65. The Bertz CT molecular complexity index is 212. The molecule has 0 aromatic carbocycles. The second kappa shape index (κ2) is 6.50. The average Bonchev–Trinajstić information content (AvgIpc) is 2.17. The van der Waals surface area contributed by atoms with E-state index in [4.69, 9.17) is 33.5 Å². The summed E-state index contributed by atoms with van der Waals surface area (Å²) in [4.78, 5) is 9.91. The number of aliphatic hydroxyl groups excluding tert-OH is 1. The summed E-state index contributed by atoms with van der Waals surface area (Å²) in [6.07, 6.45) is 0. The molecular weight excluding hydrogens is 243 g/mol. The summed E-state index contributed by atoms with van der Waals surface area (Å²) in [5.41, 5.74) is 1.36. The number of hydrogen-bond acceptors (Lipinski definition) is 4. The number of halogens is 2. The van der Waals surface area contributed by atoms with E-state index >= 15 is 0 Å². The largest absolute Gasteiger partial charge is 0.396 e. The third kappa shape index (κ3) is 4.99. The van der Waals surface area contributed by atoms with Gasteiger partial charge in [0.05, 0.1) is 0 Å². The van der Waals surface area contributed by atoms with Crippen LogP contribution in [0.5, 0.6) is 0 Å². The van der Waals surface area contributed by atoms with Gasteiger partial charge in [-0.2, -0.15) is 5.48 Å². The van der Waals surface area contributed by atoms with Gasteiger partial charge in [0.15, 0.2) is 4.84 Å². The van der Waals surface area contributed by atoms with Crippen molar-refractivity contribution in [1.29, 1.82) is 0 Å². The summed E-state index contributed by atoms with van der Waals surface area (Å²) in [7, 11) is 0. The molecule has 7 heteroatoms. The van der Waals surface area contributed by atoms with Crippen LogP contribution in [0.25, 0.3) is 0 Å². The van der Waals surface area contributed by atoms with Crippen LogP contribution >= 0.6 is 23.2 Å². The van der Waals surface area contributed by atoms with Crippen LogP contribution in [0.4, 0.5) is 0 Å². The van der Waals surface area contributed by atoms with Crippen LogP contribution in [0, 0.1) is 5.92 Å². The van der Waals surface area contributed by atoms with Crippen molar-refractivity contribution in [3.63, 3.8) is 0 Å². The lowest BCUT2D eigenvalue weighted by molar-refractivity contribution is -0.119. The fourth-order valence-corrected chi connectivity index (χ4v) is 1.09. The maximum Gasteiger partial charge on any atom is 0.253 e. The minimum atomic E-state index is -1.13. The molecule has 90 valence electrons. The lowest BCUT2D eigenvalue weighted by Crippen LogP contribution is -2.50. The molecular formula is C8H16Cl2N2O3. The molecule has 0 heterocycles. The summed E-state index contributed by atoms with van der Waals surface area (Å²) < 4.78 is 0. The molecule has 0 bridgehead atoms. The Morgan fingerprint density at radius 1 is 1.47 bits per heavy atom. The molecule has 0 rings (SSSR count). The van der Waals surface area contributed by atoms with Crippen molar-refractivity contribution in [3.8, 4) is 0 Å². The van der Waals surface area contributed by atoms with Crippen molar-refractivity contribution in [2.75, 3.05) is 13.2 Å². The first kappa shape index (κ1) is 14.9. The molecule has 1 amide bonds. The zero-order chi connectivity index (χ0) is 12.1. The Morgan fingerprint density at radius 2 is 2.00 bits per heavy atom. The Labute approximate surface area is 98.7 Å². The highest BCUT2D eigenvalue weighted by atomic mass is 35.5. The van der Waals surface area contributed by atoms with E-state index in [0.29, 0.717) is 0 Å². The summed E-state index contributed by atoms with van der Waals surface area (Å²) in [5.74, 6) is -0.871. The molecule has 15 heavy (non-hydrogen) atoms. The monoisotopic (exact) mass is 258 g/mol. The van der Waals surface area contributed by atoms with E-state index < -0.39 is 16.3 Å². The topological polar surface area (TPSA) is 81.6 Å². The van der Waals surface area contributed by atoms with E-state index in [1.165, 1.54) is 0 Å². The zero-order valence-electron chi connectivity index (χ0n) is 8.63. The van der Waals surface area contributed by atoms with Gasteiger partial charge in [-0.15, -0.1) is 0 Å². The normalized spacial score (nSPS) is 14.1. The maximum absolute atomic E-state index is 11.0. The van der Waals surface area contributed by atoms with Crippen molar-refractivity contribution in [1.82, 2.24) is 10.8 Å². The number of rotatable bonds is 6. The van der Waals surface area contributed by atoms with E-state index in [0.717, 1.165) is 0 Å². The average molecular weight is 259 g/mol. The minimum Gasteiger partial charge on any atom is -0.396 e. The molecule has 0 saturated heterocycles. The summed E-state index contributed by atoms with van der Waals surface area (Å²) in [5, 5.41) is 20.4. The number of alkyl halides is 2. The van der Waals surface area contributed by atoms with Crippen LogP contribution in [0.1, 0.15) is 13.8 Å². The number of aliphatic hydroxyl groups is 1. The van der Waals surface area contributed by atoms with Crippen LogP contribution < -0.4 is 10.8 Å². The van der Waals surface area contributed by atoms with Crippen molar-refractivity contribution >= 4 is 29.1 Å². The first-order valence-electron chi connectivity index (χ1n) is 4.43. The molecule has 0 aliphatic carbocycles. The molecule has 0 aliphatic rings. The van der Waals surface area contributed by atoms with Gasteiger partial charge in [-0.1, -0.05) is 23.2 Å². The molecule has 0 saturated carbocycles. The van der Waals surface area contributed by atoms with E-state index in [-0.39, 0.29) is 19.1 Å². The Morgan fingerprint density at radius 3 is 2.33 bits per heavy atom. The standard InChI is InChI=1S/C8H16Cl2N2O3/c1-8(2,12-15)5(4-13)3-11-7(14)6(9)10/h5-6,12-13,15H,3-4H2,1-2H3,(H,11,14). The second-order valence-electron chi connectivity index (χ2n) is 3.76. The fraction of sp³-hybridized carbons (Fsp3) is 0.875. The van der Waals surface area contributed by atoms with Crippen LogP contribution in [0.3, 0.4) is 0 Å². The second-order valence-corrected chi connectivity index (χ2v) is 4.86. The van der Waals surface area contributed by atoms with E-state index in [2.05, 4.69) is 10.8 Å². The molecule has 0 fully saturated rings. The highest BCUT2D eigenvalue weighted by Gasteiger charge is 2.29. The first-order valence-corrected chi connectivity index (χ1v) is 5.30. The fourth-order valence-electron chi connectivity index (χ4n) is 0.940. The smallest absolute Gasteiger partial charge is 0.253 e. The van der Waals surface area contributed by atoms with Gasteiger partial charge in [0, 0.05) is 24.6 Å². The van der Waals surface area contributed by atoms with E-state index in [9.17, 15) is 4.79 Å². The van der Waals surface area contributed by atoms with Crippen molar-refractivity contribution in [2.24, 2.45) is 5.92 Å². The zero-order valence-corrected chi connectivity index (χ0v) is 10.1. The van der Waals surface area contributed by atoms with Gasteiger partial charge >= 0.3 is 0 Å². The van der Waals surface area contributed by atoms with Gasteiger partial charge in [0.2, 0.25) is 0 Å². The van der Waals surface area contributed by atoms with Crippen molar-refractivity contribution < 1.29 is 15.1 Å². The molecule has 1 atom stereocenters. The Hall–Kier alpha value is -0.0700. The highest BCUT2D eigenvalue weighted by Crippen LogP contribution is 2.15. The van der Waals surface area contributed by atoms with Gasteiger partial charge in [-0.25, -0.2) is 0 Å². The van der Waals surface area contributed by atoms with Crippen LogP contribution in [-0.4, -0.2) is 39.7 Å². The molecule has 0 radical (unpaired) electrons. The van der Waals surface area contributed by atoms with Crippen LogP contribution in [-0.2, 0) is 4.79 Å². The number of hydroxylamine groups is 1. The van der Waals surface area contributed by atoms with Gasteiger partial charge in [0.25, 0.3) is 5.91 Å². The minimum absolute atomic E-state index is 0.172. The van der Waals surface area contributed by atoms with Gasteiger partial charge in [-0.3, -0.25) is 4.79 Å². The Kier molecular flexibility index (Phi) is 6.47. The maximum atomic E-state index is 11.0. The molecule has 0 aliphatic heterocycles.